The number of rotatable bonds is 8. The zero-order valence-electron chi connectivity index (χ0n) is 13.6. The van der Waals surface area contributed by atoms with Crippen molar-refractivity contribution in [2.24, 2.45) is 0 Å². The van der Waals surface area contributed by atoms with E-state index in [1.54, 1.807) is 24.3 Å². The number of para-hydroxylation sites is 1. The Kier molecular flexibility index (Phi) is 6.39. The number of hydrogen-bond acceptors (Lipinski definition) is 5. The molecule has 2 aromatic rings. The molecular weight excluding hydrogens is 366 g/mol. The number of nitrogens with zero attached hydrogens (tertiary/aromatic N) is 1. The van der Waals surface area contributed by atoms with E-state index < -0.39 is 15.0 Å². The van der Waals surface area contributed by atoms with E-state index in [-0.39, 0.29) is 22.2 Å². The van der Waals surface area contributed by atoms with E-state index in [4.69, 9.17) is 15.8 Å². The highest BCUT2D eigenvalue weighted by molar-refractivity contribution is 7.87. The Labute approximate surface area is 151 Å². The minimum absolute atomic E-state index is 0.0148. The van der Waals surface area contributed by atoms with Crippen molar-refractivity contribution in [2.45, 2.75) is 26.2 Å². The molecule has 0 spiro atoms. The highest BCUT2D eigenvalue weighted by Crippen LogP contribution is 2.36. The Bertz CT molecular complexity index is 867. The second-order valence-electron chi connectivity index (χ2n) is 5.47. The lowest BCUT2D eigenvalue weighted by Crippen LogP contribution is -2.13. The molecule has 0 fully saturated rings. The third-order valence-electron chi connectivity index (χ3n) is 3.54. The van der Waals surface area contributed by atoms with Crippen molar-refractivity contribution in [3.63, 3.8) is 0 Å². The molecule has 2 rings (SSSR count). The molecule has 0 aliphatic heterocycles. The minimum Gasteiger partial charge on any atom is -0.382 e. The Balaban J connectivity index is 2.32. The largest absolute Gasteiger partial charge is 0.382 e. The maximum atomic E-state index is 12.0. The normalized spacial score (nSPS) is 11.3. The summed E-state index contributed by atoms with van der Waals surface area (Å²) < 4.78 is 29.1. The quantitative estimate of drug-likeness (QED) is 0.282. The van der Waals surface area contributed by atoms with Crippen molar-refractivity contribution in [1.29, 1.82) is 0 Å². The van der Waals surface area contributed by atoms with Gasteiger partial charge in [0.05, 0.1) is 16.2 Å². The van der Waals surface area contributed by atoms with Gasteiger partial charge in [-0.3, -0.25) is 10.1 Å². The van der Waals surface area contributed by atoms with Gasteiger partial charge in [-0.05, 0) is 36.2 Å². The van der Waals surface area contributed by atoms with E-state index in [0.29, 0.717) is 17.5 Å². The topological polar surface area (TPSA) is 86.5 Å². The molecule has 0 aliphatic carbocycles. The molecule has 0 aromatic heterocycles. The number of hydrogen-bond donors (Lipinski definition) is 0. The van der Waals surface area contributed by atoms with Crippen molar-refractivity contribution < 1.29 is 17.5 Å². The first-order valence-corrected chi connectivity index (χ1v) is 9.75. The summed E-state index contributed by atoms with van der Waals surface area (Å²) in [5.41, 5.74) is 0.522. The van der Waals surface area contributed by atoms with Gasteiger partial charge in [-0.15, -0.1) is 0 Å². The van der Waals surface area contributed by atoms with Crippen LogP contribution in [-0.4, -0.2) is 19.1 Å². The van der Waals surface area contributed by atoms with Gasteiger partial charge in [0.15, 0.2) is 0 Å². The van der Waals surface area contributed by atoms with E-state index in [9.17, 15) is 18.5 Å². The van der Waals surface area contributed by atoms with Gasteiger partial charge in [0.25, 0.3) is 5.69 Å². The fraction of sp³-hybridized carbons (Fsp3) is 0.294. The predicted molar refractivity (Wildman–Crippen MR) is 97.5 cm³/mol. The van der Waals surface area contributed by atoms with Crippen molar-refractivity contribution in [3.8, 4) is 16.9 Å². The molecule has 0 aliphatic rings. The molecule has 0 unspecified atom stereocenters. The van der Waals surface area contributed by atoms with E-state index >= 15 is 0 Å². The van der Waals surface area contributed by atoms with E-state index in [2.05, 4.69) is 0 Å². The molecule has 8 heteroatoms. The van der Waals surface area contributed by atoms with Crippen molar-refractivity contribution >= 4 is 27.4 Å². The average molecular weight is 384 g/mol. The van der Waals surface area contributed by atoms with Gasteiger partial charge in [-0.25, -0.2) is 0 Å². The summed E-state index contributed by atoms with van der Waals surface area (Å²) in [7, 11) is -3.70. The van der Waals surface area contributed by atoms with Gasteiger partial charge in [-0.1, -0.05) is 49.6 Å². The number of halogens is 1. The Morgan fingerprint density at radius 1 is 1.16 bits per heavy atom. The van der Waals surface area contributed by atoms with Gasteiger partial charge in [0.1, 0.15) is 10.8 Å². The van der Waals surface area contributed by atoms with Gasteiger partial charge in [0.2, 0.25) is 0 Å². The highest BCUT2D eigenvalue weighted by atomic mass is 35.5. The fourth-order valence-electron chi connectivity index (χ4n) is 2.37. The Morgan fingerprint density at radius 3 is 2.56 bits per heavy atom. The molecule has 0 N–H and O–H groups in total. The monoisotopic (exact) mass is 383 g/mol. The lowest BCUT2D eigenvalue weighted by atomic mass is 10.0. The van der Waals surface area contributed by atoms with Gasteiger partial charge in [-0.2, -0.15) is 8.42 Å². The summed E-state index contributed by atoms with van der Waals surface area (Å²) in [5.74, 6) is 0.0471. The lowest BCUT2D eigenvalue weighted by molar-refractivity contribution is -0.384. The van der Waals surface area contributed by atoms with Crippen LogP contribution in [0.25, 0.3) is 11.1 Å². The SMILES string of the molecule is CCCCCS(=O)(=O)Oc1cccc(-c2cccc(Cl)c2[N+](=O)[O-])c1. The van der Waals surface area contributed by atoms with Crippen molar-refractivity contribution in [2.75, 3.05) is 5.75 Å². The fourth-order valence-corrected chi connectivity index (χ4v) is 3.65. The predicted octanol–water partition coefficient (Wildman–Crippen LogP) is 4.81. The summed E-state index contributed by atoms with van der Waals surface area (Å²) in [4.78, 5) is 10.7. The highest BCUT2D eigenvalue weighted by Gasteiger charge is 2.20. The maximum absolute atomic E-state index is 12.0. The second kappa shape index (κ2) is 8.31. The lowest BCUT2D eigenvalue weighted by Gasteiger charge is -2.09. The van der Waals surface area contributed by atoms with E-state index in [1.165, 1.54) is 18.2 Å². The van der Waals surface area contributed by atoms with Crippen LogP contribution in [0.3, 0.4) is 0 Å². The second-order valence-corrected chi connectivity index (χ2v) is 7.57. The molecular formula is C17H18ClNO5S. The molecule has 6 nitrogen and oxygen atoms in total. The molecule has 0 bridgehead atoms. The summed E-state index contributed by atoms with van der Waals surface area (Å²) in [6.45, 7) is 1.98. The van der Waals surface area contributed by atoms with E-state index in [0.717, 1.165) is 12.8 Å². The smallest absolute Gasteiger partial charge is 0.309 e. The Hall–Kier alpha value is -2.12. The van der Waals surface area contributed by atoms with Crippen LogP contribution in [-0.2, 0) is 10.1 Å². The maximum Gasteiger partial charge on any atom is 0.309 e. The van der Waals surface area contributed by atoms with Crippen molar-refractivity contribution in [1.82, 2.24) is 0 Å². The molecule has 0 saturated carbocycles. The first kappa shape index (κ1) is 19.2. The first-order chi connectivity index (χ1) is 11.8. The summed E-state index contributed by atoms with van der Waals surface area (Å²) >= 11 is 5.92. The van der Waals surface area contributed by atoms with Gasteiger partial charge in [0, 0.05) is 0 Å². The molecule has 25 heavy (non-hydrogen) atoms. The van der Waals surface area contributed by atoms with Crippen LogP contribution in [0.5, 0.6) is 5.75 Å². The Morgan fingerprint density at radius 2 is 1.88 bits per heavy atom. The average Bonchev–Trinajstić information content (AvgIpc) is 2.54. The van der Waals surface area contributed by atoms with Crippen LogP contribution in [0.15, 0.2) is 42.5 Å². The molecule has 0 saturated heterocycles. The van der Waals surface area contributed by atoms with Crippen LogP contribution in [0.1, 0.15) is 26.2 Å². The number of nitro groups is 1. The number of nitro benzene ring substituents is 1. The standard InChI is InChI=1S/C17H18ClNO5S/c1-2-3-4-11-25(22,23)24-14-8-5-7-13(12-14)15-9-6-10-16(18)17(15)19(20)21/h5-10,12H,2-4,11H2,1H3. The molecule has 0 amide bonds. The first-order valence-electron chi connectivity index (χ1n) is 7.79. The third kappa shape index (κ3) is 5.17. The van der Waals surface area contributed by atoms with Gasteiger partial charge >= 0.3 is 10.1 Å². The van der Waals surface area contributed by atoms with Gasteiger partial charge < -0.3 is 4.18 Å². The summed E-state index contributed by atoms with van der Waals surface area (Å²) in [6.07, 6.45) is 2.24. The minimum atomic E-state index is -3.70. The number of unbranched alkanes of at least 4 members (excludes halogenated alkanes) is 2. The van der Waals surface area contributed by atoms with E-state index in [1.807, 2.05) is 6.92 Å². The molecule has 134 valence electrons. The zero-order valence-corrected chi connectivity index (χ0v) is 15.2. The van der Waals surface area contributed by atoms with Crippen LogP contribution >= 0.6 is 11.6 Å². The zero-order chi connectivity index (χ0) is 18.4. The summed E-state index contributed by atoms with van der Waals surface area (Å²) in [5, 5.41) is 11.3. The molecule has 2 aromatic carbocycles. The van der Waals surface area contributed by atoms with Crippen LogP contribution in [0, 0.1) is 10.1 Å². The third-order valence-corrected chi connectivity index (χ3v) is 5.08. The molecule has 0 radical (unpaired) electrons. The summed E-state index contributed by atoms with van der Waals surface area (Å²) in [6, 6.07) is 10.7. The number of benzene rings is 2. The van der Waals surface area contributed by atoms with Crippen LogP contribution in [0.2, 0.25) is 5.02 Å². The van der Waals surface area contributed by atoms with Crippen LogP contribution in [0.4, 0.5) is 5.69 Å². The molecule has 0 heterocycles. The van der Waals surface area contributed by atoms with Crippen LogP contribution < -0.4 is 4.18 Å². The van der Waals surface area contributed by atoms with Crippen molar-refractivity contribution in [3.05, 3.63) is 57.6 Å². The molecule has 0 atom stereocenters.